The second-order valence-corrected chi connectivity index (χ2v) is 6.26. The van der Waals surface area contributed by atoms with Gasteiger partial charge in [-0.2, -0.15) is 0 Å². The number of rotatable bonds is 4. The third-order valence-electron chi connectivity index (χ3n) is 4.29. The fourth-order valence-electron chi connectivity index (χ4n) is 3.36. The van der Waals surface area contributed by atoms with Crippen molar-refractivity contribution >= 4 is 17.5 Å². The van der Waals surface area contributed by atoms with Crippen LogP contribution in [-0.4, -0.2) is 36.3 Å². The number of hydrogen-bond donors (Lipinski definition) is 0. The number of likely N-dealkylation sites (tertiary alicyclic amines) is 1. The SMILES string of the molecule is CC(=O)N(CCC(=O)N1CCCC1)c1c(C)cc(C)cc1C. The van der Waals surface area contributed by atoms with E-state index < -0.39 is 0 Å². The van der Waals surface area contributed by atoms with Crippen LogP contribution in [0.1, 0.15) is 42.9 Å². The average molecular weight is 302 g/mol. The van der Waals surface area contributed by atoms with Crippen molar-refractivity contribution in [3.05, 3.63) is 28.8 Å². The number of benzene rings is 1. The predicted molar refractivity (Wildman–Crippen MR) is 89.1 cm³/mol. The summed E-state index contributed by atoms with van der Waals surface area (Å²) in [5, 5.41) is 0. The van der Waals surface area contributed by atoms with Gasteiger partial charge in [0.25, 0.3) is 0 Å². The van der Waals surface area contributed by atoms with Gasteiger partial charge in [-0.1, -0.05) is 17.7 Å². The van der Waals surface area contributed by atoms with Crippen LogP contribution in [0, 0.1) is 20.8 Å². The zero-order chi connectivity index (χ0) is 16.3. The third-order valence-corrected chi connectivity index (χ3v) is 4.29. The van der Waals surface area contributed by atoms with Crippen molar-refractivity contribution in [3.8, 4) is 0 Å². The summed E-state index contributed by atoms with van der Waals surface area (Å²) in [5.41, 5.74) is 4.31. The molecule has 1 fully saturated rings. The van der Waals surface area contributed by atoms with Gasteiger partial charge >= 0.3 is 0 Å². The second-order valence-electron chi connectivity index (χ2n) is 6.26. The zero-order valence-corrected chi connectivity index (χ0v) is 14.1. The van der Waals surface area contributed by atoms with E-state index in [1.165, 1.54) is 5.56 Å². The molecule has 0 saturated carbocycles. The number of carbonyl (C=O) groups is 2. The molecule has 0 radical (unpaired) electrons. The van der Waals surface area contributed by atoms with Crippen LogP contribution in [0.4, 0.5) is 5.69 Å². The molecule has 1 aliphatic rings. The minimum Gasteiger partial charge on any atom is -0.343 e. The van der Waals surface area contributed by atoms with Gasteiger partial charge in [0.1, 0.15) is 0 Å². The lowest BCUT2D eigenvalue weighted by atomic mass is 10.0. The molecule has 0 bridgehead atoms. The Balaban J connectivity index is 2.13. The predicted octanol–water partition coefficient (Wildman–Crippen LogP) is 2.98. The largest absolute Gasteiger partial charge is 0.343 e. The Hall–Kier alpha value is -1.84. The molecule has 0 atom stereocenters. The summed E-state index contributed by atoms with van der Waals surface area (Å²) in [6, 6.07) is 4.17. The minimum absolute atomic E-state index is 0.00993. The van der Waals surface area contributed by atoms with Crippen LogP contribution in [0.25, 0.3) is 0 Å². The number of amides is 2. The van der Waals surface area contributed by atoms with Crippen LogP contribution in [0.5, 0.6) is 0 Å². The van der Waals surface area contributed by atoms with Crippen molar-refractivity contribution < 1.29 is 9.59 Å². The Morgan fingerprint density at radius 3 is 2.14 bits per heavy atom. The van der Waals surface area contributed by atoms with Crippen molar-refractivity contribution in [2.75, 3.05) is 24.5 Å². The summed E-state index contributed by atoms with van der Waals surface area (Å²) in [7, 11) is 0. The van der Waals surface area contributed by atoms with Gasteiger partial charge in [-0.05, 0) is 44.7 Å². The molecule has 1 saturated heterocycles. The molecule has 4 heteroatoms. The van der Waals surface area contributed by atoms with Gasteiger partial charge in [-0.3, -0.25) is 9.59 Å². The van der Waals surface area contributed by atoms with E-state index in [2.05, 4.69) is 19.1 Å². The molecule has 1 aliphatic heterocycles. The summed E-state index contributed by atoms with van der Waals surface area (Å²) in [6.45, 7) is 9.84. The molecular formula is C18H26N2O2. The minimum atomic E-state index is -0.00993. The maximum absolute atomic E-state index is 12.2. The normalized spacial score (nSPS) is 14.3. The van der Waals surface area contributed by atoms with Gasteiger partial charge < -0.3 is 9.80 Å². The van der Waals surface area contributed by atoms with Gasteiger partial charge in [0.15, 0.2) is 0 Å². The lowest BCUT2D eigenvalue weighted by Crippen LogP contribution is -2.35. The number of anilines is 1. The third kappa shape index (κ3) is 3.67. The van der Waals surface area contributed by atoms with Crippen molar-refractivity contribution in [1.82, 2.24) is 4.90 Å². The van der Waals surface area contributed by atoms with Gasteiger partial charge in [-0.25, -0.2) is 0 Å². The maximum atomic E-state index is 12.2. The monoisotopic (exact) mass is 302 g/mol. The first-order chi connectivity index (χ1) is 10.4. The second kappa shape index (κ2) is 6.95. The molecule has 0 unspecified atom stereocenters. The van der Waals surface area contributed by atoms with Crippen LogP contribution in [-0.2, 0) is 9.59 Å². The van der Waals surface area contributed by atoms with Crippen molar-refractivity contribution in [2.24, 2.45) is 0 Å². The van der Waals surface area contributed by atoms with Crippen molar-refractivity contribution in [3.63, 3.8) is 0 Å². The lowest BCUT2D eigenvalue weighted by molar-refractivity contribution is -0.129. The average Bonchev–Trinajstić information content (AvgIpc) is 2.94. The van der Waals surface area contributed by atoms with Gasteiger partial charge in [0.05, 0.1) is 0 Å². The molecule has 0 aromatic heterocycles. The van der Waals surface area contributed by atoms with Gasteiger partial charge in [0.2, 0.25) is 11.8 Å². The number of aryl methyl sites for hydroxylation is 3. The van der Waals surface area contributed by atoms with Gasteiger partial charge in [0, 0.05) is 38.7 Å². The van der Waals surface area contributed by atoms with Crippen molar-refractivity contribution in [1.29, 1.82) is 0 Å². The van der Waals surface area contributed by atoms with Crippen LogP contribution < -0.4 is 4.90 Å². The quantitative estimate of drug-likeness (QED) is 0.858. The standard InChI is InChI=1S/C18H26N2O2/c1-13-11-14(2)18(15(3)12-13)20(16(4)21)10-7-17(22)19-8-5-6-9-19/h11-12H,5-10H2,1-4H3. The Bertz CT molecular complexity index is 551. The molecule has 1 aromatic carbocycles. The Kier molecular flexibility index (Phi) is 5.22. The summed E-state index contributed by atoms with van der Waals surface area (Å²) in [4.78, 5) is 27.9. The van der Waals surface area contributed by atoms with Crippen LogP contribution in [0.15, 0.2) is 12.1 Å². The highest BCUT2D eigenvalue weighted by atomic mass is 16.2. The molecule has 1 heterocycles. The van der Waals surface area contributed by atoms with E-state index in [4.69, 9.17) is 0 Å². The van der Waals surface area contributed by atoms with Crippen LogP contribution in [0.2, 0.25) is 0 Å². The van der Waals surface area contributed by atoms with E-state index in [1.807, 2.05) is 18.7 Å². The first kappa shape index (κ1) is 16.5. The van der Waals surface area contributed by atoms with E-state index in [9.17, 15) is 9.59 Å². The highest BCUT2D eigenvalue weighted by molar-refractivity contribution is 5.94. The Labute approximate surface area is 133 Å². The van der Waals surface area contributed by atoms with Gasteiger partial charge in [-0.15, -0.1) is 0 Å². The molecule has 2 rings (SSSR count). The van der Waals surface area contributed by atoms with E-state index in [1.54, 1.807) is 11.8 Å². The van der Waals surface area contributed by atoms with E-state index in [-0.39, 0.29) is 11.8 Å². The number of nitrogens with zero attached hydrogens (tertiary/aromatic N) is 2. The summed E-state index contributed by atoms with van der Waals surface area (Å²) in [6.07, 6.45) is 2.59. The molecule has 22 heavy (non-hydrogen) atoms. The molecule has 4 nitrogen and oxygen atoms in total. The molecule has 2 amide bonds. The summed E-state index contributed by atoms with van der Waals surface area (Å²) < 4.78 is 0. The number of hydrogen-bond acceptors (Lipinski definition) is 2. The molecular weight excluding hydrogens is 276 g/mol. The molecule has 0 aliphatic carbocycles. The van der Waals surface area contributed by atoms with E-state index in [0.717, 1.165) is 42.7 Å². The Morgan fingerprint density at radius 2 is 1.64 bits per heavy atom. The van der Waals surface area contributed by atoms with E-state index >= 15 is 0 Å². The molecule has 0 spiro atoms. The fourth-order valence-corrected chi connectivity index (χ4v) is 3.36. The fraction of sp³-hybridized carbons (Fsp3) is 0.556. The summed E-state index contributed by atoms with van der Waals surface area (Å²) >= 11 is 0. The first-order valence-electron chi connectivity index (χ1n) is 8.04. The first-order valence-corrected chi connectivity index (χ1v) is 8.04. The lowest BCUT2D eigenvalue weighted by Gasteiger charge is -2.26. The molecule has 120 valence electrons. The molecule has 0 N–H and O–H groups in total. The topological polar surface area (TPSA) is 40.6 Å². The molecule has 1 aromatic rings. The number of carbonyl (C=O) groups excluding carboxylic acids is 2. The zero-order valence-electron chi connectivity index (χ0n) is 14.1. The van der Waals surface area contributed by atoms with Crippen LogP contribution in [0.3, 0.4) is 0 Å². The van der Waals surface area contributed by atoms with Crippen LogP contribution >= 0.6 is 0 Å². The van der Waals surface area contributed by atoms with E-state index in [0.29, 0.717) is 13.0 Å². The Morgan fingerprint density at radius 1 is 1.09 bits per heavy atom. The summed E-state index contributed by atoms with van der Waals surface area (Å²) in [5.74, 6) is 0.149. The highest BCUT2D eigenvalue weighted by Crippen LogP contribution is 2.27. The van der Waals surface area contributed by atoms with Crippen molar-refractivity contribution in [2.45, 2.75) is 47.0 Å². The highest BCUT2D eigenvalue weighted by Gasteiger charge is 2.21. The smallest absolute Gasteiger partial charge is 0.224 e. The maximum Gasteiger partial charge on any atom is 0.224 e.